The number of unbranched alkanes of at least 4 members (excludes halogenated alkanes) is 5. The standard InChI is InChI=1S/C24H28N/c1-2-3-4-5-6-7-10-19-13-14-21-18-25-16-15-20-11-8-9-12-22(20)24(25)23(21)17-19/h8-9,11-17H,2-7,10,18H2,1H3/q+1. The Balaban J connectivity index is 1.55. The topological polar surface area (TPSA) is 3.88 Å². The molecule has 4 rings (SSSR count). The van der Waals surface area contributed by atoms with Gasteiger partial charge in [-0.25, -0.2) is 0 Å². The van der Waals surface area contributed by atoms with Crippen LogP contribution in [0.15, 0.2) is 54.7 Å². The smallest absolute Gasteiger partial charge is 0.193 e. The summed E-state index contributed by atoms with van der Waals surface area (Å²) in [5.74, 6) is 0. The minimum Gasteiger partial charge on any atom is -0.193 e. The third kappa shape index (κ3) is 3.33. The normalized spacial score (nSPS) is 12.4. The van der Waals surface area contributed by atoms with Crippen molar-refractivity contribution in [1.29, 1.82) is 0 Å². The molecule has 1 aromatic heterocycles. The number of fused-ring (bicyclic) bond motifs is 5. The van der Waals surface area contributed by atoms with Gasteiger partial charge in [0.2, 0.25) is 5.69 Å². The van der Waals surface area contributed by atoms with Gasteiger partial charge >= 0.3 is 0 Å². The third-order valence-corrected chi connectivity index (χ3v) is 5.53. The summed E-state index contributed by atoms with van der Waals surface area (Å²) in [6.07, 6.45) is 11.6. The van der Waals surface area contributed by atoms with E-state index in [4.69, 9.17) is 0 Å². The van der Waals surface area contributed by atoms with Crippen LogP contribution in [-0.2, 0) is 13.0 Å². The van der Waals surface area contributed by atoms with Crippen molar-refractivity contribution in [2.75, 3.05) is 0 Å². The molecule has 0 aliphatic carbocycles. The largest absolute Gasteiger partial charge is 0.221 e. The molecule has 0 spiro atoms. The Hall–Kier alpha value is -2.15. The molecule has 0 N–H and O–H groups in total. The van der Waals surface area contributed by atoms with Gasteiger partial charge in [-0.3, -0.25) is 0 Å². The first kappa shape index (κ1) is 16.3. The lowest BCUT2D eigenvalue weighted by molar-refractivity contribution is -0.671. The predicted molar refractivity (Wildman–Crippen MR) is 106 cm³/mol. The summed E-state index contributed by atoms with van der Waals surface area (Å²) in [4.78, 5) is 0. The first-order valence-electron chi connectivity index (χ1n) is 9.90. The van der Waals surface area contributed by atoms with Gasteiger partial charge in [0.1, 0.15) is 0 Å². The Labute approximate surface area is 151 Å². The monoisotopic (exact) mass is 330 g/mol. The number of pyridine rings is 1. The highest BCUT2D eigenvalue weighted by atomic mass is 15.0. The SMILES string of the molecule is CCCCCCCCc1ccc2c(c1)-c1c3ccccc3cc[n+]1C2. The zero-order chi connectivity index (χ0) is 17.1. The molecule has 3 aromatic rings. The molecule has 25 heavy (non-hydrogen) atoms. The summed E-state index contributed by atoms with van der Waals surface area (Å²) in [5.41, 5.74) is 5.80. The number of hydrogen-bond acceptors (Lipinski definition) is 0. The van der Waals surface area contributed by atoms with Gasteiger partial charge in [0.15, 0.2) is 12.7 Å². The van der Waals surface area contributed by atoms with Gasteiger partial charge < -0.3 is 0 Å². The van der Waals surface area contributed by atoms with Crippen molar-refractivity contribution in [2.45, 2.75) is 58.4 Å². The molecular weight excluding hydrogens is 302 g/mol. The average molecular weight is 330 g/mol. The molecule has 0 saturated heterocycles. The van der Waals surface area contributed by atoms with Crippen LogP contribution in [0.5, 0.6) is 0 Å². The van der Waals surface area contributed by atoms with E-state index in [9.17, 15) is 0 Å². The van der Waals surface area contributed by atoms with Gasteiger partial charge in [0, 0.05) is 11.6 Å². The van der Waals surface area contributed by atoms with Crippen LogP contribution in [0.4, 0.5) is 0 Å². The molecule has 1 nitrogen and oxygen atoms in total. The fourth-order valence-electron chi connectivity index (χ4n) is 4.12. The lowest BCUT2D eigenvalue weighted by Gasteiger charge is -2.05. The molecule has 2 heterocycles. The molecule has 2 aromatic carbocycles. The molecule has 0 atom stereocenters. The number of rotatable bonds is 7. The van der Waals surface area contributed by atoms with E-state index in [1.807, 2.05) is 0 Å². The second kappa shape index (κ2) is 7.39. The Morgan fingerprint density at radius 2 is 1.72 bits per heavy atom. The minimum atomic E-state index is 1.01. The maximum Gasteiger partial charge on any atom is 0.221 e. The van der Waals surface area contributed by atoms with Crippen LogP contribution in [0, 0.1) is 0 Å². The molecule has 1 aliphatic rings. The van der Waals surface area contributed by atoms with Crippen LogP contribution in [0.25, 0.3) is 22.0 Å². The average Bonchev–Trinajstić information content (AvgIpc) is 3.03. The van der Waals surface area contributed by atoms with Crippen LogP contribution in [-0.4, -0.2) is 0 Å². The van der Waals surface area contributed by atoms with E-state index in [0.29, 0.717) is 0 Å². The van der Waals surface area contributed by atoms with Crippen LogP contribution >= 0.6 is 0 Å². The molecule has 0 fully saturated rings. The third-order valence-electron chi connectivity index (χ3n) is 5.53. The van der Waals surface area contributed by atoms with Crippen molar-refractivity contribution in [3.05, 3.63) is 65.9 Å². The minimum absolute atomic E-state index is 1.01. The van der Waals surface area contributed by atoms with Gasteiger partial charge in [0.25, 0.3) is 0 Å². The maximum absolute atomic E-state index is 2.45. The molecule has 1 heteroatoms. The highest BCUT2D eigenvalue weighted by Gasteiger charge is 2.28. The Kier molecular flexibility index (Phi) is 4.83. The van der Waals surface area contributed by atoms with Crippen molar-refractivity contribution in [1.82, 2.24) is 0 Å². The van der Waals surface area contributed by atoms with Crippen molar-refractivity contribution >= 4 is 10.8 Å². The predicted octanol–water partition coefficient (Wildman–Crippen LogP) is 6.06. The van der Waals surface area contributed by atoms with E-state index < -0.39 is 0 Å². The Bertz CT molecular complexity index is 878. The molecular formula is C24H28N+. The van der Waals surface area contributed by atoms with Crippen molar-refractivity contribution in [3.8, 4) is 11.3 Å². The number of nitrogens with zero attached hydrogens (tertiary/aromatic N) is 1. The van der Waals surface area contributed by atoms with Gasteiger partial charge in [-0.05, 0) is 35.9 Å². The lowest BCUT2D eigenvalue weighted by Crippen LogP contribution is -2.31. The molecule has 0 amide bonds. The van der Waals surface area contributed by atoms with E-state index in [1.165, 1.54) is 78.1 Å². The Morgan fingerprint density at radius 1 is 0.880 bits per heavy atom. The molecule has 0 bridgehead atoms. The van der Waals surface area contributed by atoms with Crippen LogP contribution in [0.3, 0.4) is 0 Å². The van der Waals surface area contributed by atoms with Gasteiger partial charge in [-0.15, -0.1) is 0 Å². The summed E-state index contributed by atoms with van der Waals surface area (Å²) >= 11 is 0. The summed E-state index contributed by atoms with van der Waals surface area (Å²) in [6, 6.07) is 18.1. The molecule has 0 radical (unpaired) electrons. The van der Waals surface area contributed by atoms with Crippen molar-refractivity contribution < 1.29 is 4.57 Å². The van der Waals surface area contributed by atoms with Crippen LogP contribution in [0.1, 0.15) is 56.6 Å². The van der Waals surface area contributed by atoms with Crippen LogP contribution in [0.2, 0.25) is 0 Å². The number of aryl methyl sites for hydroxylation is 1. The highest BCUT2D eigenvalue weighted by Crippen LogP contribution is 2.33. The number of hydrogen-bond donors (Lipinski definition) is 0. The van der Waals surface area contributed by atoms with Gasteiger partial charge in [0.05, 0.1) is 10.9 Å². The van der Waals surface area contributed by atoms with Crippen molar-refractivity contribution in [2.24, 2.45) is 0 Å². The van der Waals surface area contributed by atoms with Crippen molar-refractivity contribution in [3.63, 3.8) is 0 Å². The molecule has 1 aliphatic heterocycles. The summed E-state index contributed by atoms with van der Waals surface area (Å²) in [6.45, 7) is 3.29. The second-order valence-corrected chi connectivity index (χ2v) is 7.39. The van der Waals surface area contributed by atoms with Crippen LogP contribution < -0.4 is 4.57 Å². The zero-order valence-electron chi connectivity index (χ0n) is 15.3. The maximum atomic E-state index is 2.45. The van der Waals surface area contributed by atoms with Gasteiger partial charge in [-0.2, -0.15) is 4.57 Å². The summed E-state index contributed by atoms with van der Waals surface area (Å²) in [5, 5.41) is 2.71. The van der Waals surface area contributed by atoms with Gasteiger partial charge in [-0.1, -0.05) is 69.4 Å². The van der Waals surface area contributed by atoms with E-state index in [0.717, 1.165) is 6.54 Å². The summed E-state index contributed by atoms with van der Waals surface area (Å²) in [7, 11) is 0. The zero-order valence-corrected chi connectivity index (χ0v) is 15.3. The highest BCUT2D eigenvalue weighted by molar-refractivity contribution is 5.94. The fraction of sp³-hybridized carbons (Fsp3) is 0.375. The van der Waals surface area contributed by atoms with E-state index >= 15 is 0 Å². The molecule has 0 unspecified atom stereocenters. The Morgan fingerprint density at radius 3 is 2.64 bits per heavy atom. The summed E-state index contributed by atoms with van der Waals surface area (Å²) < 4.78 is 2.40. The lowest BCUT2D eigenvalue weighted by atomic mass is 9.97. The van der Waals surface area contributed by atoms with E-state index in [-0.39, 0.29) is 0 Å². The second-order valence-electron chi connectivity index (χ2n) is 7.39. The fourth-order valence-corrected chi connectivity index (χ4v) is 4.12. The first-order valence-corrected chi connectivity index (χ1v) is 9.90. The number of aromatic nitrogens is 1. The van der Waals surface area contributed by atoms with E-state index in [2.05, 4.69) is 66.2 Å². The number of benzene rings is 2. The quantitative estimate of drug-likeness (QED) is 0.286. The first-order chi connectivity index (χ1) is 12.4. The molecule has 128 valence electrons. The molecule has 0 saturated carbocycles. The van der Waals surface area contributed by atoms with E-state index in [1.54, 1.807) is 0 Å².